The Morgan fingerprint density at radius 3 is 2.46 bits per heavy atom. The molecule has 0 aliphatic carbocycles. The van der Waals surface area contributed by atoms with Crippen molar-refractivity contribution in [1.82, 2.24) is 0 Å². The van der Waals surface area contributed by atoms with E-state index in [0.717, 1.165) is 44.0 Å². The molecule has 1 unspecified atom stereocenters. The molecule has 0 aromatic heterocycles. The largest absolute Gasteiger partial charge is 0.466 e. The van der Waals surface area contributed by atoms with Gasteiger partial charge in [-0.3, -0.25) is 4.79 Å². The standard InChI is InChI=1S/C20H37BrO3/c1-18(2)10-8-11-19(3)13-17-23-15-9-12-20(22)24-16-7-5-4-6-14-21/h10,19H,4-9,11-17H2,1-3H3. The summed E-state index contributed by atoms with van der Waals surface area (Å²) in [5.41, 5.74) is 1.39. The van der Waals surface area contributed by atoms with Crippen LogP contribution < -0.4 is 0 Å². The first-order chi connectivity index (χ1) is 11.6. The van der Waals surface area contributed by atoms with Gasteiger partial charge >= 0.3 is 5.97 Å². The molecule has 0 fully saturated rings. The average Bonchev–Trinajstić information content (AvgIpc) is 2.53. The minimum Gasteiger partial charge on any atom is -0.466 e. The zero-order valence-corrected chi connectivity index (χ0v) is 17.5. The number of carbonyl (C=O) groups is 1. The van der Waals surface area contributed by atoms with Gasteiger partial charge in [-0.1, -0.05) is 47.3 Å². The Morgan fingerprint density at radius 2 is 1.75 bits per heavy atom. The fraction of sp³-hybridized carbons (Fsp3) is 0.850. The zero-order valence-electron chi connectivity index (χ0n) is 15.9. The molecule has 0 heterocycles. The highest BCUT2D eigenvalue weighted by atomic mass is 79.9. The fourth-order valence-electron chi connectivity index (χ4n) is 2.31. The topological polar surface area (TPSA) is 35.5 Å². The van der Waals surface area contributed by atoms with Gasteiger partial charge in [0.2, 0.25) is 0 Å². The Hall–Kier alpha value is -0.350. The highest BCUT2D eigenvalue weighted by molar-refractivity contribution is 9.09. The molecule has 0 spiro atoms. The van der Waals surface area contributed by atoms with Gasteiger partial charge in [0, 0.05) is 25.0 Å². The molecule has 0 bridgehead atoms. The Balaban J connectivity index is 3.33. The molecule has 0 aromatic carbocycles. The molecule has 0 saturated heterocycles. The van der Waals surface area contributed by atoms with Crippen molar-refractivity contribution in [1.29, 1.82) is 0 Å². The summed E-state index contributed by atoms with van der Waals surface area (Å²) >= 11 is 3.41. The van der Waals surface area contributed by atoms with Crippen molar-refractivity contribution >= 4 is 21.9 Å². The maximum atomic E-state index is 11.6. The van der Waals surface area contributed by atoms with E-state index in [1.807, 2.05) is 0 Å². The van der Waals surface area contributed by atoms with Gasteiger partial charge in [0.05, 0.1) is 6.61 Å². The van der Waals surface area contributed by atoms with Gasteiger partial charge in [0.25, 0.3) is 0 Å². The van der Waals surface area contributed by atoms with Crippen LogP contribution in [0.4, 0.5) is 0 Å². The molecule has 0 N–H and O–H groups in total. The number of hydrogen-bond acceptors (Lipinski definition) is 3. The number of hydrogen-bond donors (Lipinski definition) is 0. The van der Waals surface area contributed by atoms with Crippen LogP contribution in [0.3, 0.4) is 0 Å². The lowest BCUT2D eigenvalue weighted by Crippen LogP contribution is -2.08. The fourth-order valence-corrected chi connectivity index (χ4v) is 2.71. The molecular formula is C20H37BrO3. The lowest BCUT2D eigenvalue weighted by molar-refractivity contribution is -0.144. The van der Waals surface area contributed by atoms with Crippen LogP contribution in [-0.2, 0) is 14.3 Å². The lowest BCUT2D eigenvalue weighted by atomic mass is 10.0. The molecule has 0 rings (SSSR count). The number of ether oxygens (including phenoxy) is 2. The molecule has 0 aliphatic heterocycles. The van der Waals surface area contributed by atoms with Gasteiger partial charge < -0.3 is 9.47 Å². The molecule has 0 saturated carbocycles. The third kappa shape index (κ3) is 18.0. The summed E-state index contributed by atoms with van der Waals surface area (Å²) in [4.78, 5) is 11.6. The number of alkyl halides is 1. The van der Waals surface area contributed by atoms with Crippen molar-refractivity contribution in [3.63, 3.8) is 0 Å². The van der Waals surface area contributed by atoms with Crippen molar-refractivity contribution in [2.24, 2.45) is 5.92 Å². The summed E-state index contributed by atoms with van der Waals surface area (Å²) in [7, 11) is 0. The summed E-state index contributed by atoms with van der Waals surface area (Å²) < 4.78 is 10.8. The normalized spacial score (nSPS) is 12.0. The van der Waals surface area contributed by atoms with Gasteiger partial charge in [-0.05, 0) is 58.3 Å². The van der Waals surface area contributed by atoms with Crippen molar-refractivity contribution in [3.05, 3.63) is 11.6 Å². The second kappa shape index (κ2) is 17.5. The van der Waals surface area contributed by atoms with E-state index in [2.05, 4.69) is 42.8 Å². The number of carbonyl (C=O) groups excluding carboxylic acids is 1. The molecule has 24 heavy (non-hydrogen) atoms. The van der Waals surface area contributed by atoms with Crippen LogP contribution in [0.25, 0.3) is 0 Å². The number of esters is 1. The van der Waals surface area contributed by atoms with E-state index in [-0.39, 0.29) is 5.97 Å². The van der Waals surface area contributed by atoms with E-state index in [0.29, 0.717) is 25.6 Å². The molecule has 3 nitrogen and oxygen atoms in total. The van der Waals surface area contributed by atoms with Crippen LogP contribution in [0.1, 0.15) is 78.6 Å². The predicted octanol–water partition coefficient (Wildman–Crippen LogP) is 6.05. The van der Waals surface area contributed by atoms with E-state index in [1.165, 1.54) is 24.8 Å². The highest BCUT2D eigenvalue weighted by Crippen LogP contribution is 2.12. The molecule has 0 amide bonds. The molecule has 0 aromatic rings. The van der Waals surface area contributed by atoms with Crippen LogP contribution in [0.2, 0.25) is 0 Å². The van der Waals surface area contributed by atoms with Crippen LogP contribution in [0.15, 0.2) is 11.6 Å². The van der Waals surface area contributed by atoms with Crippen molar-refractivity contribution < 1.29 is 14.3 Å². The molecule has 0 radical (unpaired) electrons. The molecule has 1 atom stereocenters. The van der Waals surface area contributed by atoms with Crippen LogP contribution >= 0.6 is 15.9 Å². The van der Waals surface area contributed by atoms with Gasteiger partial charge in [-0.15, -0.1) is 0 Å². The van der Waals surface area contributed by atoms with Crippen LogP contribution in [-0.4, -0.2) is 31.1 Å². The second-order valence-corrected chi connectivity index (χ2v) is 7.59. The Kier molecular flexibility index (Phi) is 17.2. The second-order valence-electron chi connectivity index (χ2n) is 6.79. The number of unbranched alkanes of at least 4 members (excludes halogenated alkanes) is 3. The van der Waals surface area contributed by atoms with Gasteiger partial charge in [0.1, 0.15) is 0 Å². The SMILES string of the molecule is CC(C)=CCCC(C)CCOCCCC(=O)OCCCCCCBr. The zero-order chi connectivity index (χ0) is 18.0. The molecule has 142 valence electrons. The van der Waals surface area contributed by atoms with E-state index in [4.69, 9.17) is 9.47 Å². The molecule has 4 heteroatoms. The van der Waals surface area contributed by atoms with E-state index in [1.54, 1.807) is 0 Å². The number of allylic oxidation sites excluding steroid dienone is 2. The van der Waals surface area contributed by atoms with Crippen molar-refractivity contribution in [2.45, 2.75) is 78.6 Å². The minimum atomic E-state index is -0.0887. The number of halogens is 1. The third-order valence-electron chi connectivity index (χ3n) is 3.93. The Labute approximate surface area is 157 Å². The molecular weight excluding hydrogens is 368 g/mol. The minimum absolute atomic E-state index is 0.0887. The first-order valence-electron chi connectivity index (χ1n) is 9.49. The number of rotatable bonds is 16. The quantitative estimate of drug-likeness (QED) is 0.136. The summed E-state index contributed by atoms with van der Waals surface area (Å²) in [5.74, 6) is 0.601. The average molecular weight is 405 g/mol. The smallest absolute Gasteiger partial charge is 0.305 e. The summed E-state index contributed by atoms with van der Waals surface area (Å²) in [6.07, 6.45) is 11.5. The predicted molar refractivity (Wildman–Crippen MR) is 106 cm³/mol. The van der Waals surface area contributed by atoms with Gasteiger partial charge in [-0.2, -0.15) is 0 Å². The molecule has 0 aliphatic rings. The summed E-state index contributed by atoms with van der Waals surface area (Å²) in [6.45, 7) is 8.56. The maximum Gasteiger partial charge on any atom is 0.305 e. The van der Waals surface area contributed by atoms with E-state index >= 15 is 0 Å². The van der Waals surface area contributed by atoms with Gasteiger partial charge in [0.15, 0.2) is 0 Å². The van der Waals surface area contributed by atoms with E-state index in [9.17, 15) is 4.79 Å². The van der Waals surface area contributed by atoms with Crippen LogP contribution in [0.5, 0.6) is 0 Å². The summed E-state index contributed by atoms with van der Waals surface area (Å²) in [5, 5.41) is 1.06. The van der Waals surface area contributed by atoms with Gasteiger partial charge in [-0.25, -0.2) is 0 Å². The highest BCUT2D eigenvalue weighted by Gasteiger charge is 2.04. The Bertz CT molecular complexity index is 325. The maximum absolute atomic E-state index is 11.6. The van der Waals surface area contributed by atoms with Crippen molar-refractivity contribution in [2.75, 3.05) is 25.2 Å². The monoisotopic (exact) mass is 404 g/mol. The van der Waals surface area contributed by atoms with E-state index < -0.39 is 0 Å². The third-order valence-corrected chi connectivity index (χ3v) is 4.49. The van der Waals surface area contributed by atoms with Crippen molar-refractivity contribution in [3.8, 4) is 0 Å². The van der Waals surface area contributed by atoms with Crippen LogP contribution in [0, 0.1) is 5.92 Å². The first kappa shape index (κ1) is 23.6. The first-order valence-corrected chi connectivity index (χ1v) is 10.6. The summed E-state index contributed by atoms with van der Waals surface area (Å²) in [6, 6.07) is 0. The lowest BCUT2D eigenvalue weighted by Gasteiger charge is -2.10. The Morgan fingerprint density at radius 1 is 1.00 bits per heavy atom.